The molecule has 0 spiro atoms. The monoisotopic (exact) mass is 539 g/mol. The number of hydrogen-bond donors (Lipinski definition) is 3. The summed E-state index contributed by atoms with van der Waals surface area (Å²) in [6.07, 6.45) is 0.100. The SMILES string of the molecule is CCc1cccc(CNCC(OC(=O)c2cc(O)c3cc(Cl)ccc3n2)C(N)Cc2cc(F)cc(F)c2)c1. The van der Waals surface area contributed by atoms with Gasteiger partial charge in [0.2, 0.25) is 0 Å². The molecule has 6 nitrogen and oxygen atoms in total. The van der Waals surface area contributed by atoms with Gasteiger partial charge >= 0.3 is 5.97 Å². The van der Waals surface area contributed by atoms with Gasteiger partial charge in [0.1, 0.15) is 23.5 Å². The predicted octanol–water partition coefficient (Wildman–Crippen LogP) is 5.32. The first kappa shape index (κ1) is 27.4. The zero-order valence-electron chi connectivity index (χ0n) is 20.8. The number of fused-ring (bicyclic) bond motifs is 1. The largest absolute Gasteiger partial charge is 0.507 e. The third kappa shape index (κ3) is 7.04. The molecule has 4 rings (SSSR count). The molecule has 0 bridgehead atoms. The number of esters is 1. The molecule has 9 heteroatoms. The second-order valence-electron chi connectivity index (χ2n) is 9.08. The van der Waals surface area contributed by atoms with Crippen molar-refractivity contribution in [1.29, 1.82) is 0 Å². The van der Waals surface area contributed by atoms with Crippen LogP contribution >= 0.6 is 11.6 Å². The summed E-state index contributed by atoms with van der Waals surface area (Å²) in [5.74, 6) is -2.40. The molecule has 3 aromatic carbocycles. The highest BCUT2D eigenvalue weighted by Gasteiger charge is 2.25. The number of rotatable bonds is 10. The molecule has 0 fully saturated rings. The van der Waals surface area contributed by atoms with Crippen molar-refractivity contribution in [2.75, 3.05) is 6.54 Å². The molecule has 38 heavy (non-hydrogen) atoms. The van der Waals surface area contributed by atoms with Crippen LogP contribution in [0, 0.1) is 11.6 Å². The minimum Gasteiger partial charge on any atom is -0.507 e. The molecule has 4 aromatic rings. The van der Waals surface area contributed by atoms with Crippen molar-refractivity contribution >= 4 is 28.5 Å². The summed E-state index contributed by atoms with van der Waals surface area (Å²) in [5, 5.41) is 14.5. The molecule has 2 unspecified atom stereocenters. The van der Waals surface area contributed by atoms with Crippen LogP contribution in [-0.2, 0) is 24.1 Å². The van der Waals surface area contributed by atoms with Gasteiger partial charge in [-0.2, -0.15) is 0 Å². The number of ether oxygens (including phenoxy) is 1. The van der Waals surface area contributed by atoms with E-state index in [1.54, 1.807) is 18.2 Å². The van der Waals surface area contributed by atoms with Crippen molar-refractivity contribution in [3.8, 4) is 5.75 Å². The molecule has 0 aliphatic rings. The Hall–Kier alpha value is -3.59. The van der Waals surface area contributed by atoms with Gasteiger partial charge in [0.15, 0.2) is 5.69 Å². The Morgan fingerprint density at radius 1 is 1.05 bits per heavy atom. The zero-order valence-corrected chi connectivity index (χ0v) is 21.5. The molecular formula is C29H28ClF2N3O3. The number of nitrogens with one attached hydrogen (secondary N) is 1. The van der Waals surface area contributed by atoms with Gasteiger partial charge in [0.25, 0.3) is 0 Å². The third-order valence-electron chi connectivity index (χ3n) is 6.16. The van der Waals surface area contributed by atoms with Gasteiger partial charge in [-0.3, -0.25) is 0 Å². The van der Waals surface area contributed by atoms with Crippen LogP contribution in [0.25, 0.3) is 10.9 Å². The van der Waals surface area contributed by atoms with Crippen molar-refractivity contribution in [2.24, 2.45) is 5.73 Å². The number of halogens is 3. The van der Waals surface area contributed by atoms with Crippen molar-refractivity contribution in [3.63, 3.8) is 0 Å². The minimum atomic E-state index is -0.868. The Morgan fingerprint density at radius 2 is 1.79 bits per heavy atom. The highest BCUT2D eigenvalue weighted by molar-refractivity contribution is 6.31. The Morgan fingerprint density at radius 3 is 2.53 bits per heavy atom. The van der Waals surface area contributed by atoms with Crippen LogP contribution in [0.1, 0.15) is 34.1 Å². The van der Waals surface area contributed by atoms with Gasteiger partial charge in [-0.25, -0.2) is 18.6 Å². The van der Waals surface area contributed by atoms with Crippen molar-refractivity contribution in [3.05, 3.63) is 106 Å². The lowest BCUT2D eigenvalue weighted by molar-refractivity contribution is 0.0231. The summed E-state index contributed by atoms with van der Waals surface area (Å²) in [7, 11) is 0. The van der Waals surface area contributed by atoms with E-state index in [1.165, 1.54) is 23.8 Å². The van der Waals surface area contributed by atoms with Crippen LogP contribution in [0.2, 0.25) is 5.02 Å². The number of carbonyl (C=O) groups excluding carboxylic acids is 1. The van der Waals surface area contributed by atoms with E-state index in [4.69, 9.17) is 22.1 Å². The topological polar surface area (TPSA) is 97.5 Å². The quantitative estimate of drug-likeness (QED) is 0.236. The average Bonchev–Trinajstić information content (AvgIpc) is 2.87. The van der Waals surface area contributed by atoms with E-state index in [2.05, 4.69) is 23.3 Å². The maximum Gasteiger partial charge on any atom is 0.357 e. The van der Waals surface area contributed by atoms with Crippen LogP contribution in [0.4, 0.5) is 8.78 Å². The molecule has 1 aromatic heterocycles. The van der Waals surface area contributed by atoms with Crippen molar-refractivity contribution < 1.29 is 23.4 Å². The number of hydrogen-bond acceptors (Lipinski definition) is 6. The maximum absolute atomic E-state index is 13.7. The fraction of sp³-hybridized carbons (Fsp3) is 0.241. The van der Waals surface area contributed by atoms with E-state index in [0.717, 1.165) is 18.1 Å². The van der Waals surface area contributed by atoms with Crippen LogP contribution in [-0.4, -0.2) is 34.8 Å². The molecule has 2 atom stereocenters. The van der Waals surface area contributed by atoms with Gasteiger partial charge in [0, 0.05) is 41.7 Å². The van der Waals surface area contributed by atoms with E-state index in [-0.39, 0.29) is 24.4 Å². The lowest BCUT2D eigenvalue weighted by atomic mass is 10.0. The molecule has 4 N–H and O–H groups in total. The first-order chi connectivity index (χ1) is 18.2. The Kier molecular flexibility index (Phi) is 8.89. The molecule has 0 saturated carbocycles. The van der Waals surface area contributed by atoms with E-state index in [9.17, 15) is 18.7 Å². The fourth-order valence-electron chi connectivity index (χ4n) is 4.21. The molecular weight excluding hydrogens is 512 g/mol. The number of aromatic nitrogens is 1. The van der Waals surface area contributed by atoms with Gasteiger partial charge in [0.05, 0.1) is 5.52 Å². The van der Waals surface area contributed by atoms with Crippen molar-refractivity contribution in [1.82, 2.24) is 10.3 Å². The summed E-state index contributed by atoms with van der Waals surface area (Å²) in [6, 6.07) is 16.4. The average molecular weight is 540 g/mol. The number of benzene rings is 3. The van der Waals surface area contributed by atoms with E-state index in [1.807, 2.05) is 18.2 Å². The summed E-state index contributed by atoms with van der Waals surface area (Å²) in [4.78, 5) is 17.4. The van der Waals surface area contributed by atoms with Crippen molar-refractivity contribution in [2.45, 2.75) is 38.5 Å². The number of aryl methyl sites for hydroxylation is 1. The van der Waals surface area contributed by atoms with E-state index in [0.29, 0.717) is 28.0 Å². The molecule has 0 amide bonds. The molecule has 0 saturated heterocycles. The van der Waals surface area contributed by atoms with Gasteiger partial charge < -0.3 is 20.9 Å². The summed E-state index contributed by atoms with van der Waals surface area (Å²) < 4.78 is 33.2. The normalized spacial score (nSPS) is 12.9. The van der Waals surface area contributed by atoms with E-state index < -0.39 is 29.7 Å². The number of nitrogens with zero attached hydrogens (tertiary/aromatic N) is 1. The second-order valence-corrected chi connectivity index (χ2v) is 9.52. The number of aromatic hydroxyl groups is 1. The lowest BCUT2D eigenvalue weighted by Gasteiger charge is -2.25. The third-order valence-corrected chi connectivity index (χ3v) is 6.40. The maximum atomic E-state index is 13.7. The molecule has 1 heterocycles. The molecule has 0 aliphatic heterocycles. The molecule has 0 aliphatic carbocycles. The van der Waals surface area contributed by atoms with Crippen LogP contribution in [0.15, 0.2) is 66.7 Å². The van der Waals surface area contributed by atoms with Gasteiger partial charge in [-0.05, 0) is 59.9 Å². The molecule has 0 radical (unpaired) electrons. The highest BCUT2D eigenvalue weighted by atomic mass is 35.5. The number of nitrogens with two attached hydrogens (primary N) is 1. The fourth-order valence-corrected chi connectivity index (χ4v) is 4.39. The first-order valence-electron chi connectivity index (χ1n) is 12.2. The van der Waals surface area contributed by atoms with Gasteiger partial charge in [-0.1, -0.05) is 42.8 Å². The van der Waals surface area contributed by atoms with Crippen LogP contribution in [0.5, 0.6) is 5.75 Å². The Labute approximate surface area is 224 Å². The standard InChI is InChI=1S/C29H28ClF2N3O3/c1-2-17-4-3-5-18(8-17)15-34-16-28(24(33)11-19-9-21(31)13-22(32)10-19)38-29(37)26-14-27(36)23-12-20(30)6-7-25(23)35-26/h3-10,12-14,24,28,34H,2,11,15-16,33H2,1H3,(H,35,36). The first-order valence-corrected chi connectivity index (χ1v) is 12.6. The van der Waals surface area contributed by atoms with Gasteiger partial charge in [-0.15, -0.1) is 0 Å². The van der Waals surface area contributed by atoms with Crippen LogP contribution < -0.4 is 11.1 Å². The minimum absolute atomic E-state index is 0.0640. The number of carbonyl (C=O) groups is 1. The van der Waals surface area contributed by atoms with Crippen LogP contribution in [0.3, 0.4) is 0 Å². The Bertz CT molecular complexity index is 1430. The summed E-state index contributed by atoms with van der Waals surface area (Å²) >= 11 is 5.99. The Balaban J connectivity index is 1.53. The number of pyridine rings is 1. The summed E-state index contributed by atoms with van der Waals surface area (Å²) in [6.45, 7) is 2.75. The second kappa shape index (κ2) is 12.3. The highest BCUT2D eigenvalue weighted by Crippen LogP contribution is 2.27. The molecule has 198 valence electrons. The predicted molar refractivity (Wildman–Crippen MR) is 143 cm³/mol. The zero-order chi connectivity index (χ0) is 27.2. The summed E-state index contributed by atoms with van der Waals surface area (Å²) in [5.41, 5.74) is 9.23. The van der Waals surface area contributed by atoms with E-state index >= 15 is 0 Å². The smallest absolute Gasteiger partial charge is 0.357 e. The lowest BCUT2D eigenvalue weighted by Crippen LogP contribution is -2.46.